The molecule has 0 amide bonds. The van der Waals surface area contributed by atoms with Crippen molar-refractivity contribution in [3.05, 3.63) is 113 Å². The van der Waals surface area contributed by atoms with Crippen LogP contribution in [0.4, 0.5) is 8.78 Å². The van der Waals surface area contributed by atoms with E-state index in [-0.39, 0.29) is 29.3 Å². The number of benzene rings is 3. The summed E-state index contributed by atoms with van der Waals surface area (Å²) in [7, 11) is 0. The van der Waals surface area contributed by atoms with E-state index in [1.807, 2.05) is 74.5 Å². The van der Waals surface area contributed by atoms with E-state index in [4.69, 9.17) is 4.74 Å². The molecule has 1 unspecified atom stereocenters. The fourth-order valence-corrected chi connectivity index (χ4v) is 5.26. The van der Waals surface area contributed by atoms with Crippen LogP contribution < -0.4 is 4.74 Å². The highest BCUT2D eigenvalue weighted by molar-refractivity contribution is 5.75. The highest BCUT2D eigenvalue weighted by Gasteiger charge is 2.29. The Labute approximate surface area is 219 Å². The number of allylic oxidation sites excluding steroid dienone is 2. The first-order chi connectivity index (χ1) is 17.9. The highest BCUT2D eigenvalue weighted by Crippen LogP contribution is 2.38. The van der Waals surface area contributed by atoms with Crippen LogP contribution in [-0.2, 0) is 17.6 Å². The van der Waals surface area contributed by atoms with Gasteiger partial charge in [0.15, 0.2) is 0 Å². The molecule has 0 spiro atoms. The second-order valence-corrected chi connectivity index (χ2v) is 10.2. The van der Waals surface area contributed by atoms with Gasteiger partial charge in [-0.1, -0.05) is 61.5 Å². The minimum absolute atomic E-state index is 0.0203. The molecular formula is C33H36F2O2. The number of carbonyl (C=O) groups excluding carboxylic acids is 1. The lowest BCUT2D eigenvalue weighted by atomic mass is 9.78. The van der Waals surface area contributed by atoms with Crippen molar-refractivity contribution in [2.75, 3.05) is 0 Å². The molecule has 4 heteroatoms. The minimum atomic E-state index is -0.478. The Morgan fingerprint density at radius 1 is 0.973 bits per heavy atom. The Balaban J connectivity index is 1.31. The second kappa shape index (κ2) is 12.8. The molecule has 1 fully saturated rings. The smallest absolute Gasteiger partial charge is 0.314 e. The fraction of sp³-hybridized carbons (Fsp3) is 0.364. The van der Waals surface area contributed by atoms with Crippen LogP contribution in [0.25, 0.3) is 0 Å². The van der Waals surface area contributed by atoms with Gasteiger partial charge in [-0.05, 0) is 105 Å². The molecule has 3 aromatic rings. The predicted molar refractivity (Wildman–Crippen MR) is 145 cm³/mol. The molecule has 0 radical (unpaired) electrons. The van der Waals surface area contributed by atoms with E-state index in [0.29, 0.717) is 43.4 Å². The van der Waals surface area contributed by atoms with Crippen LogP contribution in [-0.4, -0.2) is 5.97 Å². The first-order valence-corrected chi connectivity index (χ1v) is 13.4. The summed E-state index contributed by atoms with van der Waals surface area (Å²) in [6.45, 7) is 4.00. The van der Waals surface area contributed by atoms with Crippen LogP contribution in [0.15, 0.2) is 78.9 Å². The van der Waals surface area contributed by atoms with Crippen molar-refractivity contribution in [3.63, 3.8) is 0 Å². The van der Waals surface area contributed by atoms with Gasteiger partial charge in [0.05, 0.1) is 5.92 Å². The number of hydrogen-bond acceptors (Lipinski definition) is 2. The number of hydrogen-bond donors (Lipinski definition) is 0. The summed E-state index contributed by atoms with van der Waals surface area (Å²) in [5.74, 6) is -0.737. The van der Waals surface area contributed by atoms with Gasteiger partial charge in [0.1, 0.15) is 17.4 Å². The zero-order chi connectivity index (χ0) is 26.2. The van der Waals surface area contributed by atoms with Crippen molar-refractivity contribution in [2.45, 2.75) is 70.6 Å². The molecule has 1 saturated carbocycles. The van der Waals surface area contributed by atoms with Crippen molar-refractivity contribution < 1.29 is 18.3 Å². The Morgan fingerprint density at radius 2 is 1.62 bits per heavy atom. The standard InChI is InChI=1S/C33H36F2O2/c1-3-4-6-9-24-12-18-29(19-13-24)37-33(36)27-16-14-26(15-17-27)28-21-31(34)30(32(35)22-28)20-23(2)25-10-7-5-8-11-25/h3-5,7-8,10-13,18-19,21-23,26-27H,6,9,14-17,20H2,1-2H3/b4-3+. The van der Waals surface area contributed by atoms with Gasteiger partial charge >= 0.3 is 5.97 Å². The average molecular weight is 503 g/mol. The first kappa shape index (κ1) is 26.8. The molecule has 0 bridgehead atoms. The number of ether oxygens (including phenoxy) is 1. The number of esters is 1. The summed E-state index contributed by atoms with van der Waals surface area (Å²) < 4.78 is 35.6. The minimum Gasteiger partial charge on any atom is -0.426 e. The van der Waals surface area contributed by atoms with E-state index in [2.05, 4.69) is 6.08 Å². The second-order valence-electron chi connectivity index (χ2n) is 10.2. The molecule has 0 heterocycles. The summed E-state index contributed by atoms with van der Waals surface area (Å²) in [4.78, 5) is 12.7. The molecule has 2 nitrogen and oxygen atoms in total. The quantitative estimate of drug-likeness (QED) is 0.166. The van der Waals surface area contributed by atoms with Gasteiger partial charge in [-0.25, -0.2) is 8.78 Å². The van der Waals surface area contributed by atoms with Crippen molar-refractivity contribution in [1.29, 1.82) is 0 Å². The molecule has 0 saturated heterocycles. The third kappa shape index (κ3) is 7.15. The van der Waals surface area contributed by atoms with Gasteiger partial charge in [-0.15, -0.1) is 0 Å². The Morgan fingerprint density at radius 3 is 2.24 bits per heavy atom. The molecular weight excluding hydrogens is 466 g/mol. The SMILES string of the molecule is C/C=C/CCc1ccc(OC(=O)C2CCC(c3cc(F)c(CC(C)c4ccccc4)c(F)c3)CC2)cc1. The Hall–Kier alpha value is -3.27. The first-order valence-electron chi connectivity index (χ1n) is 13.4. The van der Waals surface area contributed by atoms with Gasteiger partial charge in [-0.3, -0.25) is 4.79 Å². The molecule has 0 N–H and O–H groups in total. The molecule has 3 aromatic carbocycles. The van der Waals surface area contributed by atoms with Crippen LogP contribution >= 0.6 is 0 Å². The Bertz CT molecular complexity index is 1170. The van der Waals surface area contributed by atoms with E-state index in [1.54, 1.807) is 0 Å². The molecule has 1 aliphatic carbocycles. The maximum atomic E-state index is 15.0. The van der Waals surface area contributed by atoms with Crippen molar-refractivity contribution >= 4 is 5.97 Å². The zero-order valence-electron chi connectivity index (χ0n) is 21.8. The number of aryl methyl sites for hydroxylation is 1. The third-order valence-corrected chi connectivity index (χ3v) is 7.55. The van der Waals surface area contributed by atoms with Gasteiger partial charge in [0.25, 0.3) is 0 Å². The molecule has 1 aliphatic rings. The van der Waals surface area contributed by atoms with Crippen LogP contribution in [0.3, 0.4) is 0 Å². The molecule has 194 valence electrons. The Kier molecular flexibility index (Phi) is 9.27. The van der Waals surface area contributed by atoms with Crippen LogP contribution in [0, 0.1) is 17.6 Å². The fourth-order valence-electron chi connectivity index (χ4n) is 5.26. The van der Waals surface area contributed by atoms with Crippen LogP contribution in [0.5, 0.6) is 5.75 Å². The van der Waals surface area contributed by atoms with Crippen molar-refractivity contribution in [3.8, 4) is 5.75 Å². The lowest BCUT2D eigenvalue weighted by Gasteiger charge is -2.28. The highest BCUT2D eigenvalue weighted by atomic mass is 19.1. The maximum Gasteiger partial charge on any atom is 0.314 e. The zero-order valence-corrected chi connectivity index (χ0v) is 21.8. The van der Waals surface area contributed by atoms with Crippen LogP contribution in [0.2, 0.25) is 0 Å². The summed E-state index contributed by atoms with van der Waals surface area (Å²) >= 11 is 0. The number of halogens is 2. The van der Waals surface area contributed by atoms with E-state index in [9.17, 15) is 13.6 Å². The largest absolute Gasteiger partial charge is 0.426 e. The van der Waals surface area contributed by atoms with E-state index >= 15 is 0 Å². The van der Waals surface area contributed by atoms with E-state index in [0.717, 1.165) is 18.4 Å². The molecule has 4 rings (SSSR count). The van der Waals surface area contributed by atoms with Gasteiger partial charge in [-0.2, -0.15) is 0 Å². The maximum absolute atomic E-state index is 15.0. The molecule has 37 heavy (non-hydrogen) atoms. The molecule has 0 aromatic heterocycles. The predicted octanol–water partition coefficient (Wildman–Crippen LogP) is 8.70. The van der Waals surface area contributed by atoms with Crippen molar-refractivity contribution in [1.82, 2.24) is 0 Å². The normalized spacial score (nSPS) is 18.6. The molecule has 0 aliphatic heterocycles. The number of rotatable bonds is 9. The lowest BCUT2D eigenvalue weighted by molar-refractivity contribution is -0.140. The van der Waals surface area contributed by atoms with Crippen molar-refractivity contribution in [2.24, 2.45) is 5.92 Å². The van der Waals surface area contributed by atoms with Gasteiger partial charge in [0.2, 0.25) is 0 Å². The van der Waals surface area contributed by atoms with E-state index in [1.165, 1.54) is 17.7 Å². The summed E-state index contributed by atoms with van der Waals surface area (Å²) in [6.07, 6.45) is 9.16. The molecule has 1 atom stereocenters. The number of carbonyl (C=O) groups is 1. The van der Waals surface area contributed by atoms with E-state index < -0.39 is 11.6 Å². The van der Waals surface area contributed by atoms with Gasteiger partial charge in [0, 0.05) is 5.56 Å². The third-order valence-electron chi connectivity index (χ3n) is 7.55. The average Bonchev–Trinajstić information content (AvgIpc) is 2.92. The summed E-state index contributed by atoms with van der Waals surface area (Å²) in [5, 5.41) is 0. The monoisotopic (exact) mass is 502 g/mol. The van der Waals surface area contributed by atoms with Crippen LogP contribution in [0.1, 0.15) is 80.0 Å². The summed E-state index contributed by atoms with van der Waals surface area (Å²) in [5.41, 5.74) is 3.10. The van der Waals surface area contributed by atoms with Gasteiger partial charge < -0.3 is 4.74 Å². The lowest BCUT2D eigenvalue weighted by Crippen LogP contribution is -2.25. The summed E-state index contributed by atoms with van der Waals surface area (Å²) in [6, 6.07) is 20.5. The topological polar surface area (TPSA) is 26.3 Å².